The number of nitrogens with zero attached hydrogens (tertiary/aromatic N) is 1. The SMILES string of the molecule is Cc1ccc(CC(=O)NCCC(C)N)cn1.Cl.Cl. The van der Waals surface area contributed by atoms with E-state index in [1.54, 1.807) is 6.20 Å². The van der Waals surface area contributed by atoms with Crippen molar-refractivity contribution in [3.63, 3.8) is 0 Å². The number of aromatic nitrogens is 1. The molecule has 0 aliphatic heterocycles. The number of pyridine rings is 1. The highest BCUT2D eigenvalue weighted by atomic mass is 35.5. The molecule has 0 aliphatic rings. The van der Waals surface area contributed by atoms with Crippen LogP contribution in [0.5, 0.6) is 0 Å². The minimum atomic E-state index is 0. The Morgan fingerprint density at radius 1 is 1.44 bits per heavy atom. The molecule has 1 unspecified atom stereocenters. The van der Waals surface area contributed by atoms with Crippen molar-refractivity contribution in [1.29, 1.82) is 0 Å². The Morgan fingerprint density at radius 2 is 2.11 bits per heavy atom. The number of hydrogen-bond donors (Lipinski definition) is 2. The lowest BCUT2D eigenvalue weighted by Gasteiger charge is -2.07. The third-order valence-electron chi connectivity index (χ3n) is 2.26. The lowest BCUT2D eigenvalue weighted by atomic mass is 10.2. The molecule has 0 saturated heterocycles. The molecule has 0 spiro atoms. The van der Waals surface area contributed by atoms with Gasteiger partial charge in [0.1, 0.15) is 0 Å². The molecule has 0 radical (unpaired) electrons. The highest BCUT2D eigenvalue weighted by molar-refractivity contribution is 5.85. The molecule has 4 nitrogen and oxygen atoms in total. The average Bonchev–Trinajstić information content (AvgIpc) is 2.21. The van der Waals surface area contributed by atoms with E-state index in [1.807, 2.05) is 26.0 Å². The van der Waals surface area contributed by atoms with E-state index in [2.05, 4.69) is 10.3 Å². The third kappa shape index (κ3) is 8.28. The molecule has 1 amide bonds. The smallest absolute Gasteiger partial charge is 0.224 e. The van der Waals surface area contributed by atoms with Gasteiger partial charge in [0.25, 0.3) is 0 Å². The van der Waals surface area contributed by atoms with Crippen molar-refractivity contribution in [3.05, 3.63) is 29.6 Å². The summed E-state index contributed by atoms with van der Waals surface area (Å²) in [6, 6.07) is 3.96. The van der Waals surface area contributed by atoms with E-state index in [4.69, 9.17) is 5.73 Å². The Bertz CT molecular complexity index is 342. The molecule has 6 heteroatoms. The second-order valence-electron chi connectivity index (χ2n) is 4.10. The van der Waals surface area contributed by atoms with Gasteiger partial charge in [-0.25, -0.2) is 0 Å². The normalized spacial score (nSPS) is 10.8. The molecule has 1 aromatic heterocycles. The fraction of sp³-hybridized carbons (Fsp3) is 0.500. The van der Waals surface area contributed by atoms with Crippen LogP contribution in [0, 0.1) is 6.92 Å². The molecule has 1 atom stereocenters. The van der Waals surface area contributed by atoms with Crippen LogP contribution in [0.2, 0.25) is 0 Å². The fourth-order valence-corrected chi connectivity index (χ4v) is 1.29. The van der Waals surface area contributed by atoms with Crippen LogP contribution in [-0.4, -0.2) is 23.5 Å². The van der Waals surface area contributed by atoms with E-state index in [1.165, 1.54) is 0 Å². The van der Waals surface area contributed by atoms with Crippen LogP contribution in [0.3, 0.4) is 0 Å². The Balaban J connectivity index is 0. The maximum atomic E-state index is 11.5. The number of hydrogen-bond acceptors (Lipinski definition) is 3. The molecule has 0 bridgehead atoms. The van der Waals surface area contributed by atoms with Crippen molar-refractivity contribution >= 4 is 30.7 Å². The number of rotatable bonds is 5. The molecule has 0 fully saturated rings. The molecule has 1 aromatic rings. The monoisotopic (exact) mass is 293 g/mol. The summed E-state index contributed by atoms with van der Waals surface area (Å²) in [6.07, 6.45) is 2.92. The topological polar surface area (TPSA) is 68.0 Å². The first-order valence-electron chi connectivity index (χ1n) is 5.51. The summed E-state index contributed by atoms with van der Waals surface area (Å²) in [6.45, 7) is 4.48. The van der Waals surface area contributed by atoms with Crippen molar-refractivity contribution in [1.82, 2.24) is 10.3 Å². The molecule has 1 rings (SSSR count). The second-order valence-corrected chi connectivity index (χ2v) is 4.10. The first-order valence-corrected chi connectivity index (χ1v) is 5.51. The van der Waals surface area contributed by atoms with Gasteiger partial charge in [-0.2, -0.15) is 0 Å². The third-order valence-corrected chi connectivity index (χ3v) is 2.26. The van der Waals surface area contributed by atoms with E-state index in [-0.39, 0.29) is 36.8 Å². The molecule has 104 valence electrons. The summed E-state index contributed by atoms with van der Waals surface area (Å²) in [5.41, 5.74) is 7.48. The minimum Gasteiger partial charge on any atom is -0.356 e. The van der Waals surface area contributed by atoms with Gasteiger partial charge in [0.2, 0.25) is 5.91 Å². The van der Waals surface area contributed by atoms with E-state index in [0.717, 1.165) is 17.7 Å². The van der Waals surface area contributed by atoms with Gasteiger partial charge in [-0.15, -0.1) is 24.8 Å². The van der Waals surface area contributed by atoms with E-state index >= 15 is 0 Å². The quantitative estimate of drug-likeness (QED) is 0.867. The maximum absolute atomic E-state index is 11.5. The predicted molar refractivity (Wildman–Crippen MR) is 78.5 cm³/mol. The molecule has 0 aromatic carbocycles. The highest BCUT2D eigenvalue weighted by Gasteiger charge is 2.03. The summed E-state index contributed by atoms with van der Waals surface area (Å²) < 4.78 is 0. The summed E-state index contributed by atoms with van der Waals surface area (Å²) in [7, 11) is 0. The number of amides is 1. The van der Waals surface area contributed by atoms with Gasteiger partial charge in [0.05, 0.1) is 6.42 Å². The molecule has 0 saturated carbocycles. The largest absolute Gasteiger partial charge is 0.356 e. The van der Waals surface area contributed by atoms with Crippen molar-refractivity contribution in [2.45, 2.75) is 32.7 Å². The molecule has 18 heavy (non-hydrogen) atoms. The summed E-state index contributed by atoms with van der Waals surface area (Å²) in [5.74, 6) is 0.0197. The maximum Gasteiger partial charge on any atom is 0.224 e. The number of aryl methyl sites for hydroxylation is 1. The van der Waals surface area contributed by atoms with Gasteiger partial charge in [-0.05, 0) is 31.9 Å². The summed E-state index contributed by atoms with van der Waals surface area (Å²) in [5, 5.41) is 2.83. The van der Waals surface area contributed by atoms with Crippen molar-refractivity contribution in [2.75, 3.05) is 6.54 Å². The van der Waals surface area contributed by atoms with E-state index in [9.17, 15) is 4.79 Å². The molecule has 0 aliphatic carbocycles. The van der Waals surface area contributed by atoms with Gasteiger partial charge in [0, 0.05) is 24.5 Å². The van der Waals surface area contributed by atoms with Gasteiger partial charge in [0.15, 0.2) is 0 Å². The van der Waals surface area contributed by atoms with Crippen LogP contribution in [0.1, 0.15) is 24.6 Å². The Labute approximate surface area is 121 Å². The zero-order valence-corrected chi connectivity index (χ0v) is 12.3. The van der Waals surface area contributed by atoms with Crippen LogP contribution >= 0.6 is 24.8 Å². The van der Waals surface area contributed by atoms with Gasteiger partial charge < -0.3 is 11.1 Å². The van der Waals surface area contributed by atoms with Crippen molar-refractivity contribution in [3.8, 4) is 0 Å². The van der Waals surface area contributed by atoms with Gasteiger partial charge in [-0.1, -0.05) is 6.07 Å². The van der Waals surface area contributed by atoms with Crippen LogP contribution in [0.25, 0.3) is 0 Å². The number of carbonyl (C=O) groups is 1. The molecular formula is C12H21Cl2N3O. The lowest BCUT2D eigenvalue weighted by Crippen LogP contribution is -2.30. The van der Waals surface area contributed by atoms with E-state index in [0.29, 0.717) is 13.0 Å². The first kappa shape index (κ1) is 19.5. The summed E-state index contributed by atoms with van der Waals surface area (Å²) in [4.78, 5) is 15.6. The predicted octanol–water partition coefficient (Wildman–Crippen LogP) is 1.63. The van der Waals surface area contributed by atoms with Crippen LogP contribution in [-0.2, 0) is 11.2 Å². The Kier molecular flexibility index (Phi) is 11.0. The lowest BCUT2D eigenvalue weighted by molar-refractivity contribution is -0.120. The Hall–Kier alpha value is -0.840. The average molecular weight is 294 g/mol. The number of nitrogens with one attached hydrogen (secondary N) is 1. The fourth-order valence-electron chi connectivity index (χ4n) is 1.29. The molecule has 1 heterocycles. The van der Waals surface area contributed by atoms with Crippen LogP contribution in [0.15, 0.2) is 18.3 Å². The Morgan fingerprint density at radius 3 is 2.61 bits per heavy atom. The van der Waals surface area contributed by atoms with Crippen molar-refractivity contribution < 1.29 is 4.79 Å². The van der Waals surface area contributed by atoms with Crippen LogP contribution < -0.4 is 11.1 Å². The number of halogens is 2. The minimum absolute atomic E-state index is 0. The number of carbonyl (C=O) groups excluding carboxylic acids is 1. The first-order chi connectivity index (χ1) is 7.58. The highest BCUT2D eigenvalue weighted by Crippen LogP contribution is 2.00. The zero-order valence-electron chi connectivity index (χ0n) is 10.7. The van der Waals surface area contributed by atoms with Gasteiger partial charge >= 0.3 is 0 Å². The zero-order chi connectivity index (χ0) is 12.0. The standard InChI is InChI=1S/C12H19N3O.2ClH/c1-9(13)5-6-14-12(16)7-11-4-3-10(2)15-8-11;;/h3-4,8-9H,5-7,13H2,1-2H3,(H,14,16);2*1H. The summed E-state index contributed by atoms with van der Waals surface area (Å²) >= 11 is 0. The molecule has 3 N–H and O–H groups in total. The van der Waals surface area contributed by atoms with Crippen molar-refractivity contribution in [2.24, 2.45) is 5.73 Å². The van der Waals surface area contributed by atoms with Gasteiger partial charge in [-0.3, -0.25) is 9.78 Å². The molecular weight excluding hydrogens is 273 g/mol. The van der Waals surface area contributed by atoms with Crippen LogP contribution in [0.4, 0.5) is 0 Å². The van der Waals surface area contributed by atoms with E-state index < -0.39 is 0 Å². The number of nitrogens with two attached hydrogens (primary N) is 1. The second kappa shape index (κ2) is 10.1.